The van der Waals surface area contributed by atoms with Crippen molar-refractivity contribution in [3.63, 3.8) is 0 Å². The minimum Gasteiger partial charge on any atom is -0.378 e. The topological polar surface area (TPSA) is 127 Å². The van der Waals surface area contributed by atoms with Gasteiger partial charge in [0.2, 0.25) is 10.0 Å². The third-order valence-corrected chi connectivity index (χ3v) is 5.12. The second kappa shape index (κ2) is 6.79. The standard InChI is InChI=1S/C16H18N4O4S/c17-25(23,24)12-5-6-14(16(9-12)20(21)22)19-10-15-13-4-2-1-3-11(13)7-8-18-15/h1-6,9,15,18-19H,7-8,10H2,(H2,17,23,24). The van der Waals surface area contributed by atoms with Crippen molar-refractivity contribution in [3.8, 4) is 0 Å². The summed E-state index contributed by atoms with van der Waals surface area (Å²) in [5.41, 5.74) is 2.34. The van der Waals surface area contributed by atoms with E-state index in [0.717, 1.165) is 24.6 Å². The smallest absolute Gasteiger partial charge is 0.293 e. The number of fused-ring (bicyclic) bond motifs is 1. The lowest BCUT2D eigenvalue weighted by Crippen LogP contribution is -2.34. The van der Waals surface area contributed by atoms with Gasteiger partial charge < -0.3 is 10.6 Å². The van der Waals surface area contributed by atoms with Gasteiger partial charge in [-0.15, -0.1) is 0 Å². The van der Waals surface area contributed by atoms with E-state index >= 15 is 0 Å². The molecule has 0 bridgehead atoms. The van der Waals surface area contributed by atoms with Crippen LogP contribution in [0.4, 0.5) is 11.4 Å². The zero-order valence-corrected chi connectivity index (χ0v) is 14.1. The molecule has 25 heavy (non-hydrogen) atoms. The molecule has 0 spiro atoms. The van der Waals surface area contributed by atoms with E-state index in [0.29, 0.717) is 6.54 Å². The summed E-state index contributed by atoms with van der Waals surface area (Å²) in [6, 6.07) is 11.7. The molecule has 0 fully saturated rings. The molecule has 0 aliphatic carbocycles. The molecule has 2 aromatic carbocycles. The van der Waals surface area contributed by atoms with Crippen molar-refractivity contribution in [3.05, 3.63) is 63.7 Å². The summed E-state index contributed by atoms with van der Waals surface area (Å²) in [5, 5.41) is 22.7. The number of hydrogen-bond donors (Lipinski definition) is 3. The van der Waals surface area contributed by atoms with Gasteiger partial charge in [0.1, 0.15) is 5.69 Å². The quantitative estimate of drug-likeness (QED) is 0.547. The molecule has 0 saturated heterocycles. The summed E-state index contributed by atoms with van der Waals surface area (Å²) in [5.74, 6) is 0. The lowest BCUT2D eigenvalue weighted by Gasteiger charge is -2.27. The second-order valence-corrected chi connectivity index (χ2v) is 7.38. The molecule has 9 heteroatoms. The minimum absolute atomic E-state index is 0.0162. The maximum atomic E-state index is 11.4. The van der Waals surface area contributed by atoms with Gasteiger partial charge in [-0.25, -0.2) is 13.6 Å². The van der Waals surface area contributed by atoms with Crippen LogP contribution in [0.25, 0.3) is 0 Å². The minimum atomic E-state index is -4.00. The summed E-state index contributed by atoms with van der Waals surface area (Å²) in [4.78, 5) is 10.4. The maximum Gasteiger partial charge on any atom is 0.293 e. The summed E-state index contributed by atoms with van der Waals surface area (Å²) >= 11 is 0. The second-order valence-electron chi connectivity index (χ2n) is 5.82. The number of rotatable bonds is 5. The number of nitro groups is 1. The number of nitrogens with one attached hydrogen (secondary N) is 2. The number of primary sulfonamides is 1. The van der Waals surface area contributed by atoms with E-state index < -0.39 is 14.9 Å². The number of anilines is 1. The van der Waals surface area contributed by atoms with Gasteiger partial charge in [-0.3, -0.25) is 10.1 Å². The van der Waals surface area contributed by atoms with Crippen LogP contribution in [0, 0.1) is 10.1 Å². The molecular weight excluding hydrogens is 344 g/mol. The Bertz CT molecular complexity index is 914. The van der Waals surface area contributed by atoms with Crippen molar-refractivity contribution in [2.75, 3.05) is 18.4 Å². The van der Waals surface area contributed by atoms with Gasteiger partial charge in [0.25, 0.3) is 5.69 Å². The SMILES string of the molecule is NS(=O)(=O)c1ccc(NCC2NCCc3ccccc32)c([N+](=O)[O-])c1. The first-order valence-electron chi connectivity index (χ1n) is 7.72. The lowest BCUT2D eigenvalue weighted by molar-refractivity contribution is -0.384. The van der Waals surface area contributed by atoms with Crippen LogP contribution in [0.5, 0.6) is 0 Å². The fraction of sp³-hybridized carbons (Fsp3) is 0.250. The van der Waals surface area contributed by atoms with Crippen LogP contribution >= 0.6 is 0 Å². The highest BCUT2D eigenvalue weighted by atomic mass is 32.2. The average Bonchev–Trinajstić information content (AvgIpc) is 2.58. The fourth-order valence-electron chi connectivity index (χ4n) is 2.98. The van der Waals surface area contributed by atoms with Crippen LogP contribution in [0.2, 0.25) is 0 Å². The number of benzene rings is 2. The van der Waals surface area contributed by atoms with Crippen molar-refractivity contribution in [1.29, 1.82) is 0 Å². The van der Waals surface area contributed by atoms with Crippen LogP contribution in [0.3, 0.4) is 0 Å². The normalized spacial score (nSPS) is 16.9. The highest BCUT2D eigenvalue weighted by molar-refractivity contribution is 7.89. The Labute approximate surface area is 145 Å². The first kappa shape index (κ1) is 17.3. The molecule has 8 nitrogen and oxygen atoms in total. The van der Waals surface area contributed by atoms with E-state index in [1.54, 1.807) is 0 Å². The van der Waals surface area contributed by atoms with E-state index in [1.165, 1.54) is 17.7 Å². The molecule has 0 amide bonds. The highest BCUT2D eigenvalue weighted by Gasteiger charge is 2.22. The average molecular weight is 362 g/mol. The van der Waals surface area contributed by atoms with E-state index in [1.807, 2.05) is 18.2 Å². The van der Waals surface area contributed by atoms with Crippen LogP contribution in [-0.4, -0.2) is 26.4 Å². The lowest BCUT2D eigenvalue weighted by atomic mass is 9.94. The van der Waals surface area contributed by atoms with Gasteiger partial charge in [0.15, 0.2) is 0 Å². The molecule has 2 aromatic rings. The maximum absolute atomic E-state index is 11.4. The van der Waals surface area contributed by atoms with Crippen molar-refractivity contribution >= 4 is 21.4 Å². The van der Waals surface area contributed by atoms with E-state index in [4.69, 9.17) is 5.14 Å². The Morgan fingerprint density at radius 3 is 2.76 bits per heavy atom. The number of sulfonamides is 1. The van der Waals surface area contributed by atoms with Crippen LogP contribution < -0.4 is 15.8 Å². The number of hydrogen-bond acceptors (Lipinski definition) is 6. The molecule has 1 aliphatic rings. The van der Waals surface area contributed by atoms with Gasteiger partial charge in [0.05, 0.1) is 9.82 Å². The third-order valence-electron chi connectivity index (χ3n) is 4.21. The Morgan fingerprint density at radius 1 is 1.28 bits per heavy atom. The Kier molecular flexibility index (Phi) is 4.71. The fourth-order valence-corrected chi connectivity index (χ4v) is 3.51. The number of nitrogens with two attached hydrogens (primary N) is 1. The summed E-state index contributed by atoms with van der Waals surface area (Å²) in [6.07, 6.45) is 0.940. The van der Waals surface area contributed by atoms with E-state index in [-0.39, 0.29) is 22.3 Å². The number of nitro benzene ring substituents is 1. The molecule has 3 rings (SSSR count). The van der Waals surface area contributed by atoms with Gasteiger partial charge in [-0.1, -0.05) is 24.3 Å². The largest absolute Gasteiger partial charge is 0.378 e. The summed E-state index contributed by atoms with van der Waals surface area (Å²) in [6.45, 7) is 1.27. The molecule has 0 saturated carbocycles. The monoisotopic (exact) mass is 362 g/mol. The Morgan fingerprint density at radius 2 is 2.04 bits per heavy atom. The van der Waals surface area contributed by atoms with Crippen molar-refractivity contribution in [1.82, 2.24) is 5.32 Å². The Balaban J connectivity index is 1.83. The highest BCUT2D eigenvalue weighted by Crippen LogP contribution is 2.29. The van der Waals surface area contributed by atoms with E-state index in [9.17, 15) is 18.5 Å². The molecule has 0 aromatic heterocycles. The molecule has 1 aliphatic heterocycles. The zero-order chi connectivity index (χ0) is 18.0. The van der Waals surface area contributed by atoms with Crippen molar-refractivity contribution < 1.29 is 13.3 Å². The zero-order valence-electron chi connectivity index (χ0n) is 13.3. The number of nitrogens with zero attached hydrogens (tertiary/aromatic N) is 1. The first-order chi connectivity index (χ1) is 11.9. The molecule has 0 radical (unpaired) electrons. The molecule has 1 unspecified atom stereocenters. The third kappa shape index (κ3) is 3.78. The Hall–Kier alpha value is -2.49. The van der Waals surface area contributed by atoms with Crippen LogP contribution in [0.1, 0.15) is 17.2 Å². The molecular formula is C16H18N4O4S. The van der Waals surface area contributed by atoms with Crippen LogP contribution in [0.15, 0.2) is 47.4 Å². The van der Waals surface area contributed by atoms with Gasteiger partial charge in [-0.2, -0.15) is 0 Å². The molecule has 1 heterocycles. The van der Waals surface area contributed by atoms with Crippen molar-refractivity contribution in [2.24, 2.45) is 5.14 Å². The van der Waals surface area contributed by atoms with E-state index in [2.05, 4.69) is 16.7 Å². The predicted molar refractivity (Wildman–Crippen MR) is 93.8 cm³/mol. The summed E-state index contributed by atoms with van der Waals surface area (Å²) < 4.78 is 22.8. The molecule has 132 valence electrons. The van der Waals surface area contributed by atoms with Crippen molar-refractivity contribution in [2.45, 2.75) is 17.4 Å². The molecule has 4 N–H and O–H groups in total. The first-order valence-corrected chi connectivity index (χ1v) is 9.27. The molecule has 1 atom stereocenters. The predicted octanol–water partition coefficient (Wildman–Crippen LogP) is 1.54. The van der Waals surface area contributed by atoms with Gasteiger partial charge in [0, 0.05) is 18.7 Å². The summed E-state index contributed by atoms with van der Waals surface area (Å²) in [7, 11) is -4.00. The van der Waals surface area contributed by atoms with Gasteiger partial charge >= 0.3 is 0 Å². The van der Waals surface area contributed by atoms with Crippen LogP contribution in [-0.2, 0) is 16.4 Å². The van der Waals surface area contributed by atoms with Gasteiger partial charge in [-0.05, 0) is 36.2 Å².